The standard InChI is InChI=1S/C10H13N3S/c1-4-8(3)11-7-13-6-10(14)12-9(13)5-2/h2,6-8,14H,4H2,1,3H3. The highest BCUT2D eigenvalue weighted by atomic mass is 32.1. The molecule has 0 fully saturated rings. The molecule has 0 saturated heterocycles. The minimum atomic E-state index is 0.298. The fourth-order valence-electron chi connectivity index (χ4n) is 0.867. The van der Waals surface area contributed by atoms with E-state index in [1.807, 2.05) is 6.92 Å². The van der Waals surface area contributed by atoms with Crippen molar-refractivity contribution in [2.45, 2.75) is 31.3 Å². The quantitative estimate of drug-likeness (QED) is 0.348. The second kappa shape index (κ2) is 4.87. The molecule has 0 aromatic carbocycles. The molecule has 0 aliphatic rings. The average Bonchev–Trinajstić information content (AvgIpc) is 2.55. The van der Waals surface area contributed by atoms with Gasteiger partial charge in [-0.2, -0.15) is 0 Å². The van der Waals surface area contributed by atoms with Gasteiger partial charge in [0.15, 0.2) is 5.82 Å². The second-order valence-corrected chi connectivity index (χ2v) is 3.45. The molecule has 0 spiro atoms. The normalized spacial score (nSPS) is 13.0. The molecule has 1 unspecified atom stereocenters. The lowest BCUT2D eigenvalue weighted by molar-refractivity contribution is 0.716. The van der Waals surface area contributed by atoms with Crippen LogP contribution in [0, 0.1) is 12.3 Å². The van der Waals surface area contributed by atoms with Crippen molar-refractivity contribution in [3.8, 4) is 12.3 Å². The summed E-state index contributed by atoms with van der Waals surface area (Å²) < 4.78 is 1.70. The van der Waals surface area contributed by atoms with E-state index in [-0.39, 0.29) is 0 Å². The summed E-state index contributed by atoms with van der Waals surface area (Å²) in [6.07, 6.45) is 9.71. The first-order valence-electron chi connectivity index (χ1n) is 4.45. The highest BCUT2D eigenvalue weighted by Crippen LogP contribution is 2.04. The Morgan fingerprint density at radius 1 is 1.86 bits per heavy atom. The first-order valence-corrected chi connectivity index (χ1v) is 4.89. The van der Waals surface area contributed by atoms with Gasteiger partial charge in [0.2, 0.25) is 0 Å². The van der Waals surface area contributed by atoms with Crippen molar-refractivity contribution in [2.75, 3.05) is 0 Å². The zero-order valence-corrected chi connectivity index (χ0v) is 9.20. The van der Waals surface area contributed by atoms with Gasteiger partial charge < -0.3 is 0 Å². The molecule has 74 valence electrons. The molecule has 1 aromatic rings. The summed E-state index contributed by atoms with van der Waals surface area (Å²) in [4.78, 5) is 8.34. The molecule has 1 heterocycles. The predicted molar refractivity (Wildman–Crippen MR) is 61.1 cm³/mol. The molecule has 4 heteroatoms. The lowest BCUT2D eigenvalue weighted by Gasteiger charge is -2.00. The van der Waals surface area contributed by atoms with Crippen molar-refractivity contribution in [2.24, 2.45) is 4.99 Å². The number of terminal acetylenes is 1. The largest absolute Gasteiger partial charge is 0.282 e. The van der Waals surface area contributed by atoms with E-state index >= 15 is 0 Å². The van der Waals surface area contributed by atoms with E-state index in [1.165, 1.54) is 0 Å². The third kappa shape index (κ3) is 2.64. The SMILES string of the molecule is C#Cc1nc(S)cn1C=NC(C)CC. The van der Waals surface area contributed by atoms with Crippen LogP contribution in [0.15, 0.2) is 16.2 Å². The molecule has 3 nitrogen and oxygen atoms in total. The molecular weight excluding hydrogens is 194 g/mol. The highest BCUT2D eigenvalue weighted by molar-refractivity contribution is 7.80. The van der Waals surface area contributed by atoms with Gasteiger partial charge in [-0.15, -0.1) is 19.1 Å². The van der Waals surface area contributed by atoms with Crippen LogP contribution in [0.1, 0.15) is 26.1 Å². The Morgan fingerprint density at radius 2 is 2.57 bits per heavy atom. The molecule has 0 amide bonds. The van der Waals surface area contributed by atoms with Crippen LogP contribution in [0.4, 0.5) is 0 Å². The molecule has 1 aromatic heterocycles. The summed E-state index contributed by atoms with van der Waals surface area (Å²) in [5, 5.41) is 0.605. The second-order valence-electron chi connectivity index (χ2n) is 3.00. The van der Waals surface area contributed by atoms with E-state index in [1.54, 1.807) is 17.1 Å². The molecular formula is C10H13N3S. The van der Waals surface area contributed by atoms with Crippen LogP contribution in [-0.2, 0) is 0 Å². The smallest absolute Gasteiger partial charge is 0.191 e. The van der Waals surface area contributed by atoms with E-state index in [2.05, 4.69) is 35.4 Å². The summed E-state index contributed by atoms with van der Waals surface area (Å²) >= 11 is 4.11. The van der Waals surface area contributed by atoms with Crippen LogP contribution >= 0.6 is 12.6 Å². The van der Waals surface area contributed by atoms with Gasteiger partial charge in [0.25, 0.3) is 0 Å². The monoisotopic (exact) mass is 207 g/mol. The molecule has 0 saturated carbocycles. The Bertz CT molecular complexity index is 373. The lowest BCUT2D eigenvalue weighted by Crippen LogP contribution is -2.02. The Hall–Kier alpha value is -1.21. The Kier molecular flexibility index (Phi) is 3.78. The van der Waals surface area contributed by atoms with Gasteiger partial charge in [0.1, 0.15) is 5.03 Å². The maximum absolute atomic E-state index is 5.27. The fraction of sp³-hybridized carbons (Fsp3) is 0.400. The minimum Gasteiger partial charge on any atom is -0.282 e. The number of rotatable bonds is 3. The number of aromatic nitrogens is 2. The Balaban J connectivity index is 2.86. The topological polar surface area (TPSA) is 30.2 Å². The number of hydrogen-bond acceptors (Lipinski definition) is 3. The number of hydrogen-bond donors (Lipinski definition) is 1. The van der Waals surface area contributed by atoms with E-state index in [9.17, 15) is 0 Å². The van der Waals surface area contributed by atoms with Gasteiger partial charge in [-0.05, 0) is 19.3 Å². The lowest BCUT2D eigenvalue weighted by atomic mass is 10.3. The molecule has 1 atom stereocenters. The highest BCUT2D eigenvalue weighted by Gasteiger charge is 2.00. The Morgan fingerprint density at radius 3 is 3.14 bits per heavy atom. The molecule has 0 N–H and O–H groups in total. The maximum atomic E-state index is 5.27. The van der Waals surface area contributed by atoms with Crippen LogP contribution in [-0.4, -0.2) is 21.9 Å². The number of thiol groups is 1. The fourth-order valence-corrected chi connectivity index (χ4v) is 1.09. The van der Waals surface area contributed by atoms with E-state index in [0.717, 1.165) is 6.42 Å². The summed E-state index contributed by atoms with van der Waals surface area (Å²) in [5.41, 5.74) is 0. The molecule has 1 rings (SSSR count). The van der Waals surface area contributed by atoms with Gasteiger partial charge in [0.05, 0.1) is 6.34 Å². The average molecular weight is 207 g/mol. The minimum absolute atomic E-state index is 0.298. The summed E-state index contributed by atoms with van der Waals surface area (Å²) in [7, 11) is 0. The van der Waals surface area contributed by atoms with Gasteiger partial charge in [0, 0.05) is 12.2 Å². The van der Waals surface area contributed by atoms with Crippen molar-refractivity contribution < 1.29 is 0 Å². The van der Waals surface area contributed by atoms with E-state index in [0.29, 0.717) is 16.9 Å². The van der Waals surface area contributed by atoms with Gasteiger partial charge in [-0.1, -0.05) is 6.92 Å². The predicted octanol–water partition coefficient (Wildman–Crippen LogP) is 1.83. The van der Waals surface area contributed by atoms with Crippen LogP contribution in [0.2, 0.25) is 0 Å². The van der Waals surface area contributed by atoms with E-state index in [4.69, 9.17) is 6.42 Å². The first kappa shape index (κ1) is 10.9. The van der Waals surface area contributed by atoms with Crippen LogP contribution < -0.4 is 0 Å². The zero-order valence-electron chi connectivity index (χ0n) is 8.31. The van der Waals surface area contributed by atoms with Crippen LogP contribution in [0.5, 0.6) is 0 Å². The van der Waals surface area contributed by atoms with Gasteiger partial charge in [-0.3, -0.25) is 9.56 Å². The molecule has 14 heavy (non-hydrogen) atoms. The van der Waals surface area contributed by atoms with Gasteiger partial charge in [-0.25, -0.2) is 4.98 Å². The Labute approximate surface area is 89.7 Å². The van der Waals surface area contributed by atoms with Crippen molar-refractivity contribution >= 4 is 19.0 Å². The third-order valence-electron chi connectivity index (χ3n) is 1.89. The molecule has 0 aliphatic heterocycles. The molecule has 0 bridgehead atoms. The summed E-state index contributed by atoms with van der Waals surface area (Å²) in [6.45, 7) is 4.13. The van der Waals surface area contributed by atoms with Crippen molar-refractivity contribution in [1.82, 2.24) is 9.55 Å². The number of nitrogens with zero attached hydrogens (tertiary/aromatic N) is 3. The van der Waals surface area contributed by atoms with E-state index < -0.39 is 0 Å². The maximum Gasteiger partial charge on any atom is 0.191 e. The van der Waals surface area contributed by atoms with Crippen LogP contribution in [0.3, 0.4) is 0 Å². The number of imidazole rings is 1. The molecule has 0 radical (unpaired) electrons. The molecule has 0 aliphatic carbocycles. The number of aliphatic imine (C=N–C) groups is 1. The summed E-state index contributed by atoms with van der Waals surface area (Å²) in [5.74, 6) is 3.00. The van der Waals surface area contributed by atoms with Crippen molar-refractivity contribution in [3.63, 3.8) is 0 Å². The van der Waals surface area contributed by atoms with Crippen molar-refractivity contribution in [1.29, 1.82) is 0 Å². The zero-order chi connectivity index (χ0) is 10.6. The first-order chi connectivity index (χ1) is 6.67. The third-order valence-corrected chi connectivity index (χ3v) is 2.10. The van der Waals surface area contributed by atoms with Crippen LogP contribution in [0.25, 0.3) is 0 Å². The summed E-state index contributed by atoms with van der Waals surface area (Å²) in [6, 6.07) is 0.298. The van der Waals surface area contributed by atoms with Crippen molar-refractivity contribution in [3.05, 3.63) is 12.0 Å². The van der Waals surface area contributed by atoms with Gasteiger partial charge >= 0.3 is 0 Å².